The van der Waals surface area contributed by atoms with Crippen molar-refractivity contribution >= 4 is 23.6 Å². The van der Waals surface area contributed by atoms with Crippen LogP contribution in [-0.2, 0) is 32.3 Å². The molecular weight excluding hydrogens is 344 g/mol. The van der Waals surface area contributed by atoms with Gasteiger partial charge in [-0.2, -0.15) is 0 Å². The molecule has 0 aliphatic carbocycles. The number of nitrogens with two attached hydrogens (primary N) is 2. The zero-order chi connectivity index (χ0) is 20.2. The maximum Gasteiger partial charge on any atom is 0.330 e. The van der Waals surface area contributed by atoms with Gasteiger partial charge >= 0.3 is 5.97 Å². The van der Waals surface area contributed by atoms with Crippen LogP contribution in [0.3, 0.4) is 0 Å². The number of anilines is 2. The second-order valence-electron chi connectivity index (χ2n) is 5.45. The summed E-state index contributed by atoms with van der Waals surface area (Å²) in [7, 11) is 1.63. The summed E-state index contributed by atoms with van der Waals surface area (Å²) in [6, 6.07) is 11.1. The topological polar surface area (TPSA) is 105 Å². The average Bonchev–Trinajstić information content (AvgIpc) is 2.67. The molecule has 0 amide bonds. The molecule has 0 heterocycles. The molecule has 0 saturated heterocycles. The SMILES string of the molecule is C=CC(=O)OCc1cc(N)ccc1-c1ccc(N)cc1COC.C=CC=O. The minimum Gasteiger partial charge on any atom is -0.458 e. The van der Waals surface area contributed by atoms with Crippen LogP contribution in [0.2, 0.25) is 0 Å². The highest BCUT2D eigenvalue weighted by molar-refractivity contribution is 5.81. The number of benzene rings is 2. The summed E-state index contributed by atoms with van der Waals surface area (Å²) in [6.45, 7) is 7.04. The number of allylic oxidation sites excluding steroid dienone is 1. The van der Waals surface area contributed by atoms with Crippen LogP contribution in [0.5, 0.6) is 0 Å². The molecule has 0 bridgehead atoms. The molecular formula is C21H24N2O4. The molecule has 0 spiro atoms. The predicted octanol–water partition coefficient (Wildman–Crippen LogP) is 3.26. The van der Waals surface area contributed by atoms with E-state index in [9.17, 15) is 4.79 Å². The number of rotatable bonds is 7. The monoisotopic (exact) mass is 368 g/mol. The first-order valence-electron chi connectivity index (χ1n) is 8.08. The number of esters is 1. The highest BCUT2D eigenvalue weighted by Crippen LogP contribution is 2.31. The zero-order valence-electron chi connectivity index (χ0n) is 15.3. The number of carbonyl (C=O) groups excluding carboxylic acids is 2. The van der Waals surface area contributed by atoms with Gasteiger partial charge in [0.2, 0.25) is 0 Å². The number of nitrogen functional groups attached to an aromatic ring is 2. The minimum absolute atomic E-state index is 0.113. The fourth-order valence-electron chi connectivity index (χ4n) is 2.35. The lowest BCUT2D eigenvalue weighted by Gasteiger charge is -2.15. The summed E-state index contributed by atoms with van der Waals surface area (Å²) in [5.74, 6) is -0.479. The number of carbonyl (C=O) groups is 2. The maximum atomic E-state index is 11.3. The van der Waals surface area contributed by atoms with Crippen LogP contribution in [-0.4, -0.2) is 19.4 Å². The van der Waals surface area contributed by atoms with Gasteiger partial charge in [0.15, 0.2) is 0 Å². The molecule has 6 heteroatoms. The Bertz CT molecular complexity index is 810. The van der Waals surface area contributed by atoms with Gasteiger partial charge in [0, 0.05) is 24.6 Å². The van der Waals surface area contributed by atoms with Crippen molar-refractivity contribution in [2.45, 2.75) is 13.2 Å². The van der Waals surface area contributed by atoms with Crippen molar-refractivity contribution in [2.24, 2.45) is 0 Å². The number of hydrogen-bond donors (Lipinski definition) is 2. The molecule has 6 nitrogen and oxygen atoms in total. The fraction of sp³-hybridized carbons (Fsp3) is 0.143. The van der Waals surface area contributed by atoms with Gasteiger partial charge < -0.3 is 20.9 Å². The van der Waals surface area contributed by atoms with Gasteiger partial charge in [-0.3, -0.25) is 4.79 Å². The lowest BCUT2D eigenvalue weighted by Crippen LogP contribution is -2.04. The molecule has 2 aromatic carbocycles. The van der Waals surface area contributed by atoms with Crippen molar-refractivity contribution in [1.82, 2.24) is 0 Å². The predicted molar refractivity (Wildman–Crippen MR) is 108 cm³/mol. The van der Waals surface area contributed by atoms with Gasteiger partial charge in [0.1, 0.15) is 12.9 Å². The van der Waals surface area contributed by atoms with Crippen LogP contribution in [0.4, 0.5) is 11.4 Å². The van der Waals surface area contributed by atoms with Crippen molar-refractivity contribution in [2.75, 3.05) is 18.6 Å². The summed E-state index contributed by atoms with van der Waals surface area (Å²) < 4.78 is 10.4. The van der Waals surface area contributed by atoms with Crippen molar-refractivity contribution in [3.63, 3.8) is 0 Å². The Morgan fingerprint density at radius 3 is 1.89 bits per heavy atom. The van der Waals surface area contributed by atoms with Gasteiger partial charge in [0.25, 0.3) is 0 Å². The number of ether oxygens (including phenoxy) is 2. The highest BCUT2D eigenvalue weighted by atomic mass is 16.5. The quantitative estimate of drug-likeness (QED) is 0.336. The standard InChI is InChI=1S/C18H20N2O3.C3H4O/c1-3-18(21)23-11-13-9-15(20)5-7-17(13)16-6-4-14(19)8-12(16)10-22-2;1-2-3-4/h3-9H,1,10-11,19-20H2,2H3;2-3H,1H2. The lowest BCUT2D eigenvalue weighted by atomic mass is 9.95. The summed E-state index contributed by atoms with van der Waals surface area (Å²) in [6.07, 6.45) is 2.96. The third kappa shape index (κ3) is 6.80. The molecule has 0 fully saturated rings. The van der Waals surface area contributed by atoms with E-state index in [1.165, 1.54) is 6.08 Å². The first-order valence-corrected chi connectivity index (χ1v) is 8.08. The fourth-order valence-corrected chi connectivity index (χ4v) is 2.35. The van der Waals surface area contributed by atoms with E-state index >= 15 is 0 Å². The molecule has 0 aliphatic rings. The van der Waals surface area contributed by atoms with E-state index in [-0.39, 0.29) is 6.61 Å². The molecule has 2 aromatic rings. The van der Waals surface area contributed by atoms with Gasteiger partial charge in [-0.1, -0.05) is 25.3 Å². The Labute approximate surface area is 159 Å². The third-order valence-electron chi connectivity index (χ3n) is 3.48. The molecule has 4 N–H and O–H groups in total. The summed E-state index contributed by atoms with van der Waals surface area (Å²) in [4.78, 5) is 20.4. The van der Waals surface area contributed by atoms with Gasteiger partial charge in [-0.05, 0) is 52.6 Å². The van der Waals surface area contributed by atoms with E-state index in [0.29, 0.717) is 24.3 Å². The molecule has 142 valence electrons. The van der Waals surface area contributed by atoms with Crippen LogP contribution >= 0.6 is 0 Å². The first kappa shape index (κ1) is 21.7. The maximum absolute atomic E-state index is 11.3. The van der Waals surface area contributed by atoms with Crippen LogP contribution < -0.4 is 11.5 Å². The second-order valence-corrected chi connectivity index (χ2v) is 5.45. The number of hydrogen-bond acceptors (Lipinski definition) is 6. The van der Waals surface area contributed by atoms with Crippen molar-refractivity contribution in [1.29, 1.82) is 0 Å². The van der Waals surface area contributed by atoms with Gasteiger partial charge in [-0.15, -0.1) is 0 Å². The third-order valence-corrected chi connectivity index (χ3v) is 3.48. The van der Waals surface area contributed by atoms with E-state index in [1.54, 1.807) is 19.2 Å². The van der Waals surface area contributed by atoms with E-state index < -0.39 is 5.97 Å². The summed E-state index contributed by atoms with van der Waals surface area (Å²) >= 11 is 0. The molecule has 0 unspecified atom stereocenters. The molecule has 0 saturated carbocycles. The van der Waals surface area contributed by atoms with E-state index in [2.05, 4.69) is 13.2 Å². The molecule has 27 heavy (non-hydrogen) atoms. The Morgan fingerprint density at radius 1 is 1.00 bits per heavy atom. The number of aldehydes is 1. The lowest BCUT2D eigenvalue weighted by molar-refractivity contribution is -0.138. The molecule has 0 aliphatic heterocycles. The van der Waals surface area contributed by atoms with Crippen molar-refractivity contribution in [3.8, 4) is 11.1 Å². The Hall–Kier alpha value is -3.38. The van der Waals surface area contributed by atoms with Crippen LogP contribution in [0.15, 0.2) is 61.7 Å². The van der Waals surface area contributed by atoms with Gasteiger partial charge in [0.05, 0.1) is 6.61 Å². The van der Waals surface area contributed by atoms with Crippen molar-refractivity contribution < 1.29 is 19.1 Å². The van der Waals surface area contributed by atoms with Crippen LogP contribution in [0.1, 0.15) is 11.1 Å². The Balaban J connectivity index is 0.000000828. The summed E-state index contributed by atoms with van der Waals surface area (Å²) in [5.41, 5.74) is 16.6. The smallest absolute Gasteiger partial charge is 0.330 e. The second kappa shape index (κ2) is 11.3. The molecule has 0 aromatic heterocycles. The largest absolute Gasteiger partial charge is 0.458 e. The number of methoxy groups -OCH3 is 1. The van der Waals surface area contributed by atoms with Crippen molar-refractivity contribution in [3.05, 3.63) is 72.8 Å². The van der Waals surface area contributed by atoms with E-state index in [0.717, 1.165) is 28.3 Å². The first-order chi connectivity index (χ1) is 13.0. The average molecular weight is 368 g/mol. The molecule has 2 rings (SSSR count). The molecule has 0 radical (unpaired) electrons. The zero-order valence-corrected chi connectivity index (χ0v) is 15.3. The summed E-state index contributed by atoms with van der Waals surface area (Å²) in [5, 5.41) is 0. The molecule has 0 atom stereocenters. The normalized spacial score (nSPS) is 9.52. The van der Waals surface area contributed by atoms with E-state index in [1.807, 2.05) is 24.3 Å². The van der Waals surface area contributed by atoms with Gasteiger partial charge in [-0.25, -0.2) is 4.79 Å². The van der Waals surface area contributed by atoms with E-state index in [4.69, 9.17) is 25.7 Å². The minimum atomic E-state index is -0.479. The van der Waals surface area contributed by atoms with Crippen LogP contribution in [0, 0.1) is 0 Å². The Kier molecular flexibility index (Phi) is 9.05. The van der Waals surface area contributed by atoms with Crippen LogP contribution in [0.25, 0.3) is 11.1 Å². The Morgan fingerprint density at radius 2 is 1.48 bits per heavy atom. The highest BCUT2D eigenvalue weighted by Gasteiger charge is 2.12.